The highest BCUT2D eigenvalue weighted by molar-refractivity contribution is 6.35. The highest BCUT2D eigenvalue weighted by atomic mass is 35.5. The van der Waals surface area contributed by atoms with Crippen molar-refractivity contribution >= 4 is 35.0 Å². The van der Waals surface area contributed by atoms with Crippen LogP contribution in [0.15, 0.2) is 42.5 Å². The van der Waals surface area contributed by atoms with Gasteiger partial charge in [0.25, 0.3) is 11.8 Å². The van der Waals surface area contributed by atoms with E-state index in [-0.39, 0.29) is 43.7 Å². The van der Waals surface area contributed by atoms with Crippen LogP contribution in [0.25, 0.3) is 0 Å². The number of benzene rings is 2. The van der Waals surface area contributed by atoms with Gasteiger partial charge in [0.15, 0.2) is 6.61 Å². The number of amides is 2. The quantitative estimate of drug-likeness (QED) is 0.680. The third-order valence-electron chi connectivity index (χ3n) is 4.63. The summed E-state index contributed by atoms with van der Waals surface area (Å²) in [6.45, 7) is 0.371. The van der Waals surface area contributed by atoms with Crippen molar-refractivity contribution in [1.82, 2.24) is 9.80 Å². The fraction of sp³-hybridized carbons (Fsp3) is 0.300. The largest absolute Gasteiger partial charge is 0.482 e. The molecule has 2 aromatic rings. The number of halogens is 5. The van der Waals surface area contributed by atoms with Crippen molar-refractivity contribution in [3.8, 4) is 5.75 Å². The van der Waals surface area contributed by atoms with Crippen LogP contribution in [0.5, 0.6) is 5.75 Å². The lowest BCUT2D eigenvalue weighted by atomic mass is 10.1. The van der Waals surface area contributed by atoms with Gasteiger partial charge in [0.1, 0.15) is 5.75 Å². The van der Waals surface area contributed by atoms with Crippen LogP contribution in [0.1, 0.15) is 15.9 Å². The van der Waals surface area contributed by atoms with Crippen LogP contribution in [0.3, 0.4) is 0 Å². The molecular weight excluding hydrogens is 444 g/mol. The van der Waals surface area contributed by atoms with Crippen LogP contribution in [0.2, 0.25) is 10.0 Å². The van der Waals surface area contributed by atoms with Crippen LogP contribution in [0, 0.1) is 0 Å². The smallest absolute Gasteiger partial charge is 0.417 e. The Morgan fingerprint density at radius 3 is 2.23 bits per heavy atom. The zero-order valence-corrected chi connectivity index (χ0v) is 17.1. The van der Waals surface area contributed by atoms with Gasteiger partial charge in [-0.15, -0.1) is 0 Å². The Bertz CT molecular complexity index is 945. The monoisotopic (exact) mass is 460 g/mol. The predicted molar refractivity (Wildman–Crippen MR) is 106 cm³/mol. The van der Waals surface area contributed by atoms with E-state index in [1.165, 1.54) is 28.0 Å². The van der Waals surface area contributed by atoms with Crippen molar-refractivity contribution < 1.29 is 27.5 Å². The van der Waals surface area contributed by atoms with E-state index in [0.29, 0.717) is 10.8 Å². The molecule has 0 N–H and O–H groups in total. The van der Waals surface area contributed by atoms with Gasteiger partial charge in [0.05, 0.1) is 16.1 Å². The first-order chi connectivity index (χ1) is 14.2. The lowest BCUT2D eigenvalue weighted by Gasteiger charge is -2.35. The van der Waals surface area contributed by atoms with Crippen LogP contribution < -0.4 is 4.74 Å². The predicted octanol–water partition coefficient (Wildman–Crippen LogP) is 4.38. The molecule has 2 aromatic carbocycles. The molecule has 2 amide bonds. The standard InChI is InChI=1S/C20H17Cl2F3N2O3/c21-13-5-6-17(16(22)11-13)30-12-18(28)26-7-9-27(10-8-26)19(29)14-3-1-2-4-15(14)20(23,24)25/h1-6,11H,7-10,12H2. The Hall–Kier alpha value is -2.45. The van der Waals surface area contributed by atoms with Crippen molar-refractivity contribution in [3.63, 3.8) is 0 Å². The number of carbonyl (C=O) groups excluding carboxylic acids is 2. The number of hydrogen-bond donors (Lipinski definition) is 0. The van der Waals surface area contributed by atoms with E-state index in [1.54, 1.807) is 12.1 Å². The molecule has 1 saturated heterocycles. The summed E-state index contributed by atoms with van der Waals surface area (Å²) in [5.74, 6) is -0.713. The van der Waals surface area contributed by atoms with Crippen molar-refractivity contribution in [1.29, 1.82) is 0 Å². The van der Waals surface area contributed by atoms with Crippen LogP contribution >= 0.6 is 23.2 Å². The first-order valence-corrected chi connectivity index (χ1v) is 9.73. The third kappa shape index (κ3) is 5.17. The summed E-state index contributed by atoms with van der Waals surface area (Å²) < 4.78 is 44.9. The van der Waals surface area contributed by atoms with Gasteiger partial charge < -0.3 is 14.5 Å². The highest BCUT2D eigenvalue weighted by Crippen LogP contribution is 2.32. The molecule has 1 aliphatic heterocycles. The topological polar surface area (TPSA) is 49.9 Å². The number of alkyl halides is 3. The SMILES string of the molecule is O=C(COc1ccc(Cl)cc1Cl)N1CCN(C(=O)c2ccccc2C(F)(F)F)CC1. The number of nitrogens with zero attached hydrogens (tertiary/aromatic N) is 2. The maximum atomic E-state index is 13.2. The molecule has 0 aromatic heterocycles. The summed E-state index contributed by atoms with van der Waals surface area (Å²) in [6, 6.07) is 9.29. The molecule has 10 heteroatoms. The Morgan fingerprint density at radius 1 is 0.967 bits per heavy atom. The third-order valence-corrected chi connectivity index (χ3v) is 5.16. The number of ether oxygens (including phenoxy) is 1. The molecule has 0 radical (unpaired) electrons. The molecule has 0 spiro atoms. The molecular formula is C20H17Cl2F3N2O3. The molecule has 1 heterocycles. The fourth-order valence-electron chi connectivity index (χ4n) is 3.07. The fourth-order valence-corrected chi connectivity index (χ4v) is 3.53. The van der Waals surface area contributed by atoms with Crippen LogP contribution in [-0.4, -0.2) is 54.4 Å². The first-order valence-electron chi connectivity index (χ1n) is 8.98. The highest BCUT2D eigenvalue weighted by Gasteiger charge is 2.36. The van der Waals surface area contributed by atoms with E-state index in [4.69, 9.17) is 27.9 Å². The Morgan fingerprint density at radius 2 is 1.60 bits per heavy atom. The molecule has 1 fully saturated rings. The summed E-state index contributed by atoms with van der Waals surface area (Å²) in [4.78, 5) is 27.8. The molecule has 0 unspecified atom stereocenters. The maximum absolute atomic E-state index is 13.2. The summed E-state index contributed by atoms with van der Waals surface area (Å²) >= 11 is 11.8. The van der Waals surface area contributed by atoms with Gasteiger partial charge in [-0.05, 0) is 30.3 Å². The summed E-state index contributed by atoms with van der Waals surface area (Å²) in [5.41, 5.74) is -1.37. The van der Waals surface area contributed by atoms with Crippen LogP contribution in [0.4, 0.5) is 13.2 Å². The minimum Gasteiger partial charge on any atom is -0.482 e. The van der Waals surface area contributed by atoms with Crippen molar-refractivity contribution in [2.75, 3.05) is 32.8 Å². The zero-order valence-electron chi connectivity index (χ0n) is 15.6. The number of piperazine rings is 1. The molecule has 30 heavy (non-hydrogen) atoms. The van der Waals surface area contributed by atoms with Gasteiger partial charge in [-0.2, -0.15) is 13.2 Å². The second-order valence-electron chi connectivity index (χ2n) is 6.58. The van der Waals surface area contributed by atoms with E-state index in [2.05, 4.69) is 0 Å². The van der Waals surface area contributed by atoms with Gasteiger partial charge in [-0.25, -0.2) is 0 Å². The zero-order chi connectivity index (χ0) is 21.9. The summed E-state index contributed by atoms with van der Waals surface area (Å²) in [7, 11) is 0. The lowest BCUT2D eigenvalue weighted by Crippen LogP contribution is -2.51. The summed E-state index contributed by atoms with van der Waals surface area (Å²) in [5, 5.41) is 0.709. The van der Waals surface area contributed by atoms with E-state index in [1.807, 2.05) is 0 Å². The minimum absolute atomic E-state index is 0.123. The first kappa shape index (κ1) is 22.2. The van der Waals surface area contributed by atoms with E-state index in [0.717, 1.165) is 12.1 Å². The van der Waals surface area contributed by atoms with Crippen LogP contribution in [-0.2, 0) is 11.0 Å². The minimum atomic E-state index is -4.62. The molecule has 0 bridgehead atoms. The number of hydrogen-bond acceptors (Lipinski definition) is 3. The number of carbonyl (C=O) groups is 2. The number of rotatable bonds is 4. The molecule has 0 aliphatic carbocycles. The average Bonchev–Trinajstić information content (AvgIpc) is 2.72. The molecule has 0 atom stereocenters. The summed E-state index contributed by atoms with van der Waals surface area (Å²) in [6.07, 6.45) is -4.62. The maximum Gasteiger partial charge on any atom is 0.417 e. The Balaban J connectivity index is 1.57. The van der Waals surface area contributed by atoms with E-state index >= 15 is 0 Å². The molecule has 0 saturated carbocycles. The van der Waals surface area contributed by atoms with E-state index < -0.39 is 23.2 Å². The average molecular weight is 461 g/mol. The van der Waals surface area contributed by atoms with Gasteiger partial charge >= 0.3 is 6.18 Å². The van der Waals surface area contributed by atoms with Gasteiger partial charge in [-0.1, -0.05) is 35.3 Å². The molecule has 3 rings (SSSR count). The van der Waals surface area contributed by atoms with E-state index in [9.17, 15) is 22.8 Å². The van der Waals surface area contributed by atoms with Gasteiger partial charge in [0, 0.05) is 31.2 Å². The van der Waals surface area contributed by atoms with Crippen molar-refractivity contribution in [2.45, 2.75) is 6.18 Å². The Labute approximate surface area is 180 Å². The normalized spacial score (nSPS) is 14.6. The second-order valence-corrected chi connectivity index (χ2v) is 7.42. The second kappa shape index (κ2) is 9.14. The molecule has 160 valence electrons. The molecule has 1 aliphatic rings. The Kier molecular flexibility index (Phi) is 6.77. The van der Waals surface area contributed by atoms with Gasteiger partial charge in [-0.3, -0.25) is 9.59 Å². The van der Waals surface area contributed by atoms with Crippen molar-refractivity contribution in [2.24, 2.45) is 0 Å². The lowest BCUT2D eigenvalue weighted by molar-refractivity contribution is -0.138. The molecule has 5 nitrogen and oxygen atoms in total. The van der Waals surface area contributed by atoms with Crippen molar-refractivity contribution in [3.05, 3.63) is 63.6 Å². The van der Waals surface area contributed by atoms with Gasteiger partial charge in [0.2, 0.25) is 0 Å².